The minimum Gasteiger partial charge on any atom is -0.494 e. The van der Waals surface area contributed by atoms with Crippen LogP contribution in [0.25, 0.3) is 0 Å². The number of amides is 2. The van der Waals surface area contributed by atoms with Gasteiger partial charge in [0.25, 0.3) is 0 Å². The number of hydrogen-bond donors (Lipinski definition) is 1. The molecule has 0 unspecified atom stereocenters. The molecule has 0 radical (unpaired) electrons. The van der Waals surface area contributed by atoms with Crippen LogP contribution in [0.4, 0.5) is 5.69 Å². The largest absolute Gasteiger partial charge is 0.494 e. The smallest absolute Gasteiger partial charge is 0.226 e. The number of benzene rings is 1. The first-order valence-electron chi connectivity index (χ1n) is 8.26. The molecule has 2 rings (SSSR count). The number of carbonyl (C=O) groups is 2. The molecule has 1 aromatic carbocycles. The van der Waals surface area contributed by atoms with Crippen molar-refractivity contribution < 1.29 is 14.3 Å². The highest BCUT2D eigenvalue weighted by molar-refractivity contribution is 5.91. The molecule has 132 valence electrons. The zero-order chi connectivity index (χ0) is 18.1. The molecule has 6 heteroatoms. The molecule has 0 saturated heterocycles. The van der Waals surface area contributed by atoms with Crippen molar-refractivity contribution in [1.82, 2.24) is 9.88 Å². The maximum atomic E-state index is 12.1. The fraction of sp³-hybridized carbons (Fsp3) is 0.316. The summed E-state index contributed by atoms with van der Waals surface area (Å²) in [5.41, 5.74) is 1.50. The molecule has 0 spiro atoms. The molecule has 0 aliphatic heterocycles. The summed E-state index contributed by atoms with van der Waals surface area (Å²) >= 11 is 0. The summed E-state index contributed by atoms with van der Waals surface area (Å²) in [7, 11) is 0. The summed E-state index contributed by atoms with van der Waals surface area (Å²) in [6, 6.07) is 12.8. The standard InChI is InChI=1S/C19H23N3O3/c1-3-25-18-9-7-16(8-10-18)21-19(24)11-13-22(15(2)23)14-17-6-4-5-12-20-17/h4-10,12H,3,11,13-14H2,1-2H3,(H,21,24). The van der Waals surface area contributed by atoms with Crippen LogP contribution in [0.15, 0.2) is 48.7 Å². The van der Waals surface area contributed by atoms with Crippen LogP contribution in [0, 0.1) is 0 Å². The number of pyridine rings is 1. The Kier molecular flexibility index (Phi) is 6.95. The van der Waals surface area contributed by atoms with E-state index in [0.29, 0.717) is 25.4 Å². The Hall–Kier alpha value is -2.89. The van der Waals surface area contributed by atoms with Gasteiger partial charge in [-0.1, -0.05) is 6.07 Å². The molecule has 25 heavy (non-hydrogen) atoms. The second kappa shape index (κ2) is 9.42. The van der Waals surface area contributed by atoms with E-state index in [1.165, 1.54) is 6.92 Å². The predicted molar refractivity (Wildman–Crippen MR) is 96.2 cm³/mol. The second-order valence-electron chi connectivity index (χ2n) is 5.52. The Morgan fingerprint density at radius 3 is 2.52 bits per heavy atom. The molecule has 1 N–H and O–H groups in total. The second-order valence-corrected chi connectivity index (χ2v) is 5.52. The number of nitrogens with zero attached hydrogens (tertiary/aromatic N) is 2. The lowest BCUT2D eigenvalue weighted by molar-refractivity contribution is -0.130. The number of nitrogens with one attached hydrogen (secondary N) is 1. The lowest BCUT2D eigenvalue weighted by atomic mass is 10.2. The van der Waals surface area contributed by atoms with Gasteiger partial charge < -0.3 is 15.0 Å². The molecule has 2 aromatic rings. The monoisotopic (exact) mass is 341 g/mol. The summed E-state index contributed by atoms with van der Waals surface area (Å²) in [5.74, 6) is 0.537. The van der Waals surface area contributed by atoms with Crippen LogP contribution < -0.4 is 10.1 Å². The number of hydrogen-bond acceptors (Lipinski definition) is 4. The molecular weight excluding hydrogens is 318 g/mol. The van der Waals surface area contributed by atoms with E-state index in [0.717, 1.165) is 11.4 Å². The van der Waals surface area contributed by atoms with Crippen LogP contribution in [0.3, 0.4) is 0 Å². The lowest BCUT2D eigenvalue weighted by Crippen LogP contribution is -2.31. The van der Waals surface area contributed by atoms with Gasteiger partial charge in [0.05, 0.1) is 18.8 Å². The van der Waals surface area contributed by atoms with Crippen LogP contribution in [0.1, 0.15) is 26.0 Å². The van der Waals surface area contributed by atoms with Gasteiger partial charge >= 0.3 is 0 Å². The van der Waals surface area contributed by atoms with Gasteiger partial charge in [0, 0.05) is 31.8 Å². The predicted octanol–water partition coefficient (Wildman–Crippen LogP) is 2.86. The van der Waals surface area contributed by atoms with Crippen molar-refractivity contribution in [3.05, 3.63) is 54.4 Å². The van der Waals surface area contributed by atoms with Crippen molar-refractivity contribution in [3.63, 3.8) is 0 Å². The third-order valence-electron chi connectivity index (χ3n) is 3.58. The van der Waals surface area contributed by atoms with Crippen LogP contribution in [0.5, 0.6) is 5.75 Å². The summed E-state index contributed by atoms with van der Waals surface area (Å²) in [5, 5.41) is 2.82. The Morgan fingerprint density at radius 1 is 1.16 bits per heavy atom. The SMILES string of the molecule is CCOc1ccc(NC(=O)CCN(Cc2ccccn2)C(C)=O)cc1. The normalized spacial score (nSPS) is 10.2. The highest BCUT2D eigenvalue weighted by Gasteiger charge is 2.12. The van der Waals surface area contributed by atoms with Crippen molar-refractivity contribution in [3.8, 4) is 5.75 Å². The topological polar surface area (TPSA) is 71.5 Å². The van der Waals surface area contributed by atoms with Crippen molar-refractivity contribution in [2.24, 2.45) is 0 Å². The highest BCUT2D eigenvalue weighted by Crippen LogP contribution is 2.15. The van der Waals surface area contributed by atoms with E-state index in [1.54, 1.807) is 23.2 Å². The van der Waals surface area contributed by atoms with Gasteiger partial charge in [-0.3, -0.25) is 14.6 Å². The molecule has 0 bridgehead atoms. The molecule has 0 atom stereocenters. The fourth-order valence-corrected chi connectivity index (χ4v) is 2.30. The van der Waals surface area contributed by atoms with Gasteiger partial charge in [0.1, 0.15) is 5.75 Å². The first-order valence-corrected chi connectivity index (χ1v) is 8.26. The third kappa shape index (κ3) is 6.25. The van der Waals surface area contributed by atoms with E-state index in [9.17, 15) is 9.59 Å². The van der Waals surface area contributed by atoms with Crippen LogP contribution in [-0.4, -0.2) is 34.8 Å². The molecule has 0 aliphatic rings. The number of anilines is 1. The van der Waals surface area contributed by atoms with E-state index in [-0.39, 0.29) is 18.2 Å². The molecule has 6 nitrogen and oxygen atoms in total. The number of rotatable bonds is 8. The quantitative estimate of drug-likeness (QED) is 0.801. The summed E-state index contributed by atoms with van der Waals surface area (Å²) in [4.78, 5) is 29.7. The summed E-state index contributed by atoms with van der Waals surface area (Å²) in [6.45, 7) is 4.75. The summed E-state index contributed by atoms with van der Waals surface area (Å²) < 4.78 is 5.36. The van der Waals surface area contributed by atoms with Gasteiger partial charge in [0.2, 0.25) is 11.8 Å². The zero-order valence-corrected chi connectivity index (χ0v) is 14.6. The molecule has 0 aliphatic carbocycles. The third-order valence-corrected chi connectivity index (χ3v) is 3.58. The van der Waals surface area contributed by atoms with Crippen molar-refractivity contribution in [1.29, 1.82) is 0 Å². The van der Waals surface area contributed by atoms with Gasteiger partial charge in [0.15, 0.2) is 0 Å². The Morgan fingerprint density at radius 2 is 1.92 bits per heavy atom. The Balaban J connectivity index is 1.85. The fourth-order valence-electron chi connectivity index (χ4n) is 2.30. The number of ether oxygens (including phenoxy) is 1. The minimum atomic E-state index is -0.142. The van der Waals surface area contributed by atoms with E-state index < -0.39 is 0 Å². The molecule has 1 heterocycles. The first-order chi connectivity index (χ1) is 12.1. The summed E-state index contributed by atoms with van der Waals surface area (Å²) in [6.07, 6.45) is 1.91. The molecule has 0 saturated carbocycles. The van der Waals surface area contributed by atoms with E-state index in [2.05, 4.69) is 10.3 Å². The van der Waals surface area contributed by atoms with Crippen molar-refractivity contribution >= 4 is 17.5 Å². The first kappa shape index (κ1) is 18.4. The van der Waals surface area contributed by atoms with Gasteiger partial charge in [-0.2, -0.15) is 0 Å². The van der Waals surface area contributed by atoms with Crippen LogP contribution in [0.2, 0.25) is 0 Å². The lowest BCUT2D eigenvalue weighted by Gasteiger charge is -2.20. The number of carbonyl (C=O) groups excluding carboxylic acids is 2. The molecule has 2 amide bonds. The van der Waals surface area contributed by atoms with E-state index in [4.69, 9.17) is 4.74 Å². The molecule has 0 fully saturated rings. The zero-order valence-electron chi connectivity index (χ0n) is 14.6. The van der Waals surface area contributed by atoms with Gasteiger partial charge in [-0.15, -0.1) is 0 Å². The minimum absolute atomic E-state index is 0.0838. The highest BCUT2D eigenvalue weighted by atomic mass is 16.5. The van der Waals surface area contributed by atoms with Gasteiger partial charge in [-0.25, -0.2) is 0 Å². The Bertz CT molecular complexity index is 687. The average molecular weight is 341 g/mol. The average Bonchev–Trinajstić information content (AvgIpc) is 2.61. The van der Waals surface area contributed by atoms with Gasteiger partial charge in [-0.05, 0) is 43.3 Å². The van der Waals surface area contributed by atoms with E-state index >= 15 is 0 Å². The van der Waals surface area contributed by atoms with E-state index in [1.807, 2.05) is 37.3 Å². The molecule has 1 aromatic heterocycles. The van der Waals surface area contributed by atoms with Crippen LogP contribution in [-0.2, 0) is 16.1 Å². The maximum absolute atomic E-state index is 12.1. The van der Waals surface area contributed by atoms with Crippen LogP contribution >= 0.6 is 0 Å². The van der Waals surface area contributed by atoms with Crippen molar-refractivity contribution in [2.45, 2.75) is 26.8 Å². The Labute approximate surface area is 147 Å². The number of aromatic nitrogens is 1. The van der Waals surface area contributed by atoms with Crippen molar-refractivity contribution in [2.75, 3.05) is 18.5 Å². The molecular formula is C19H23N3O3. The maximum Gasteiger partial charge on any atom is 0.226 e.